The molecule has 0 radical (unpaired) electrons. The van der Waals surface area contributed by atoms with Crippen molar-refractivity contribution >= 4 is 11.8 Å². The minimum absolute atomic E-state index is 0.0756. The summed E-state index contributed by atoms with van der Waals surface area (Å²) in [6.45, 7) is 1.05. The van der Waals surface area contributed by atoms with Crippen LogP contribution in [-0.2, 0) is 0 Å². The molecule has 15 heavy (non-hydrogen) atoms. The number of carboxylic acid groups (broad SMARTS) is 1. The van der Waals surface area contributed by atoms with E-state index in [1.165, 1.54) is 12.5 Å². The molecular weight excluding hydrogens is 198 g/mol. The number of anilines is 1. The molecule has 2 heterocycles. The van der Waals surface area contributed by atoms with E-state index >= 15 is 0 Å². The van der Waals surface area contributed by atoms with Gasteiger partial charge in [-0.05, 0) is 6.42 Å². The zero-order valence-corrected chi connectivity index (χ0v) is 8.00. The lowest BCUT2D eigenvalue weighted by molar-refractivity contribution is 0.0696. The molecule has 1 fully saturated rings. The molecule has 6 nitrogen and oxygen atoms in total. The molecule has 1 aliphatic heterocycles. The molecule has 1 aromatic rings. The van der Waals surface area contributed by atoms with E-state index in [4.69, 9.17) is 5.11 Å². The highest BCUT2D eigenvalue weighted by molar-refractivity contribution is 5.92. The van der Waals surface area contributed by atoms with Crippen molar-refractivity contribution in [3.63, 3.8) is 0 Å². The molecule has 1 atom stereocenters. The maximum absolute atomic E-state index is 10.9. The molecular formula is C9H11N3O3. The van der Waals surface area contributed by atoms with Crippen LogP contribution in [0, 0.1) is 0 Å². The Labute approximate surface area is 86.2 Å². The van der Waals surface area contributed by atoms with Crippen LogP contribution in [0.25, 0.3) is 0 Å². The number of carboxylic acids is 1. The summed E-state index contributed by atoms with van der Waals surface area (Å²) in [6, 6.07) is 0. The SMILES string of the molecule is O=C(O)c1cncnc1N1CCC(O)C1. The van der Waals surface area contributed by atoms with Gasteiger partial charge in [0.25, 0.3) is 0 Å². The van der Waals surface area contributed by atoms with Crippen molar-refractivity contribution in [2.24, 2.45) is 0 Å². The van der Waals surface area contributed by atoms with E-state index in [1.54, 1.807) is 4.90 Å². The van der Waals surface area contributed by atoms with Crippen molar-refractivity contribution in [1.29, 1.82) is 0 Å². The lowest BCUT2D eigenvalue weighted by atomic mass is 10.3. The van der Waals surface area contributed by atoms with E-state index in [0.29, 0.717) is 25.3 Å². The second-order valence-electron chi connectivity index (χ2n) is 3.45. The molecule has 1 saturated heterocycles. The summed E-state index contributed by atoms with van der Waals surface area (Å²) in [6.07, 6.45) is 2.83. The quantitative estimate of drug-likeness (QED) is 0.698. The zero-order valence-electron chi connectivity index (χ0n) is 8.00. The average molecular weight is 209 g/mol. The molecule has 0 amide bonds. The van der Waals surface area contributed by atoms with Gasteiger partial charge in [-0.15, -0.1) is 0 Å². The summed E-state index contributed by atoms with van der Waals surface area (Å²) in [5.41, 5.74) is 0.0756. The fourth-order valence-corrected chi connectivity index (χ4v) is 1.66. The topological polar surface area (TPSA) is 86.5 Å². The predicted molar refractivity (Wildman–Crippen MR) is 51.8 cm³/mol. The van der Waals surface area contributed by atoms with Gasteiger partial charge in [0.1, 0.15) is 17.7 Å². The third-order valence-corrected chi connectivity index (χ3v) is 2.38. The Kier molecular flexibility index (Phi) is 2.51. The first-order valence-corrected chi connectivity index (χ1v) is 4.65. The van der Waals surface area contributed by atoms with Crippen molar-refractivity contribution < 1.29 is 15.0 Å². The molecule has 6 heteroatoms. The summed E-state index contributed by atoms with van der Waals surface area (Å²) >= 11 is 0. The summed E-state index contributed by atoms with van der Waals surface area (Å²) < 4.78 is 0. The van der Waals surface area contributed by atoms with Gasteiger partial charge in [-0.1, -0.05) is 0 Å². The van der Waals surface area contributed by atoms with E-state index in [2.05, 4.69) is 9.97 Å². The van der Waals surface area contributed by atoms with E-state index in [0.717, 1.165) is 0 Å². The molecule has 0 aliphatic carbocycles. The zero-order chi connectivity index (χ0) is 10.8. The van der Waals surface area contributed by atoms with Gasteiger partial charge in [-0.3, -0.25) is 0 Å². The van der Waals surface area contributed by atoms with Crippen LogP contribution in [0.1, 0.15) is 16.8 Å². The van der Waals surface area contributed by atoms with Gasteiger partial charge in [-0.25, -0.2) is 14.8 Å². The van der Waals surface area contributed by atoms with Crippen molar-refractivity contribution in [3.8, 4) is 0 Å². The third kappa shape index (κ3) is 1.89. The van der Waals surface area contributed by atoms with Gasteiger partial charge in [0.2, 0.25) is 0 Å². The van der Waals surface area contributed by atoms with Crippen LogP contribution in [0.4, 0.5) is 5.82 Å². The number of aliphatic hydroxyl groups excluding tert-OH is 1. The predicted octanol–water partition coefficient (Wildman–Crippen LogP) is -0.254. The molecule has 0 bridgehead atoms. The number of aromatic carboxylic acids is 1. The van der Waals surface area contributed by atoms with Crippen molar-refractivity contribution in [1.82, 2.24) is 9.97 Å². The Bertz CT molecular complexity index is 383. The standard InChI is InChI=1S/C9H11N3O3/c13-6-1-2-12(4-6)8-7(9(14)15)3-10-5-11-8/h3,5-6,13H,1-2,4H2,(H,14,15). The first kappa shape index (κ1) is 9.85. The van der Waals surface area contributed by atoms with E-state index in [-0.39, 0.29) is 5.56 Å². The molecule has 0 saturated carbocycles. The number of rotatable bonds is 2. The van der Waals surface area contributed by atoms with Crippen LogP contribution >= 0.6 is 0 Å². The minimum atomic E-state index is -1.05. The molecule has 1 aliphatic rings. The Balaban J connectivity index is 2.31. The van der Waals surface area contributed by atoms with Crippen LogP contribution in [0.5, 0.6) is 0 Å². The van der Waals surface area contributed by atoms with Crippen molar-refractivity contribution in [3.05, 3.63) is 18.1 Å². The molecule has 2 rings (SSSR count). The second kappa shape index (κ2) is 3.82. The minimum Gasteiger partial charge on any atom is -0.477 e. The van der Waals surface area contributed by atoms with Gasteiger partial charge < -0.3 is 15.1 Å². The largest absolute Gasteiger partial charge is 0.477 e. The second-order valence-corrected chi connectivity index (χ2v) is 3.45. The lowest BCUT2D eigenvalue weighted by Crippen LogP contribution is -2.24. The molecule has 1 unspecified atom stereocenters. The Morgan fingerprint density at radius 1 is 1.60 bits per heavy atom. The molecule has 2 N–H and O–H groups in total. The van der Waals surface area contributed by atoms with Crippen LogP contribution in [0.15, 0.2) is 12.5 Å². The van der Waals surface area contributed by atoms with Crippen molar-refractivity contribution in [2.75, 3.05) is 18.0 Å². The highest BCUT2D eigenvalue weighted by atomic mass is 16.4. The third-order valence-electron chi connectivity index (χ3n) is 2.38. The summed E-state index contributed by atoms with van der Waals surface area (Å²) in [5.74, 6) is -0.666. The van der Waals surface area contributed by atoms with E-state index < -0.39 is 12.1 Å². The fraction of sp³-hybridized carbons (Fsp3) is 0.444. The molecule has 0 spiro atoms. The molecule has 1 aromatic heterocycles. The maximum atomic E-state index is 10.9. The van der Waals surface area contributed by atoms with E-state index in [1.807, 2.05) is 0 Å². The Hall–Kier alpha value is -1.69. The monoisotopic (exact) mass is 209 g/mol. The van der Waals surface area contributed by atoms with E-state index in [9.17, 15) is 9.90 Å². The fourth-order valence-electron chi connectivity index (χ4n) is 1.66. The number of nitrogens with zero attached hydrogens (tertiary/aromatic N) is 3. The van der Waals surface area contributed by atoms with Crippen LogP contribution < -0.4 is 4.90 Å². The highest BCUT2D eigenvalue weighted by Crippen LogP contribution is 2.21. The smallest absolute Gasteiger partial charge is 0.341 e. The summed E-state index contributed by atoms with van der Waals surface area (Å²) in [4.78, 5) is 20.3. The summed E-state index contributed by atoms with van der Waals surface area (Å²) in [7, 11) is 0. The lowest BCUT2D eigenvalue weighted by Gasteiger charge is -2.17. The normalized spacial score (nSPS) is 20.6. The van der Waals surface area contributed by atoms with Gasteiger partial charge in [0, 0.05) is 19.3 Å². The number of β-amino-alcohol motifs (C(OH)–C–C–N with tert-alkyl or cyclic N) is 1. The first-order chi connectivity index (χ1) is 7.18. The molecule has 0 aromatic carbocycles. The van der Waals surface area contributed by atoms with Gasteiger partial charge in [0.05, 0.1) is 6.10 Å². The number of hydrogen-bond acceptors (Lipinski definition) is 5. The first-order valence-electron chi connectivity index (χ1n) is 4.65. The maximum Gasteiger partial charge on any atom is 0.341 e. The number of carbonyl (C=O) groups is 1. The average Bonchev–Trinajstić information content (AvgIpc) is 2.65. The number of aromatic nitrogens is 2. The number of aliphatic hydroxyl groups is 1. The van der Waals surface area contributed by atoms with Gasteiger partial charge in [0.15, 0.2) is 0 Å². The van der Waals surface area contributed by atoms with Crippen molar-refractivity contribution in [2.45, 2.75) is 12.5 Å². The van der Waals surface area contributed by atoms with Crippen LogP contribution in [0.3, 0.4) is 0 Å². The Morgan fingerprint density at radius 3 is 3.00 bits per heavy atom. The highest BCUT2D eigenvalue weighted by Gasteiger charge is 2.25. The Morgan fingerprint density at radius 2 is 2.40 bits per heavy atom. The summed E-state index contributed by atoms with van der Waals surface area (Å²) in [5, 5.41) is 18.3. The van der Waals surface area contributed by atoms with Crippen LogP contribution in [0.2, 0.25) is 0 Å². The van der Waals surface area contributed by atoms with Gasteiger partial charge >= 0.3 is 5.97 Å². The molecule has 80 valence electrons. The number of hydrogen-bond donors (Lipinski definition) is 2. The van der Waals surface area contributed by atoms with Gasteiger partial charge in [-0.2, -0.15) is 0 Å². The van der Waals surface area contributed by atoms with Crippen LogP contribution in [-0.4, -0.2) is 45.3 Å².